The van der Waals surface area contributed by atoms with Gasteiger partial charge in [0.2, 0.25) is 0 Å². The van der Waals surface area contributed by atoms with Crippen LogP contribution in [0, 0.1) is 0 Å². The zero-order chi connectivity index (χ0) is 12.3. The summed E-state index contributed by atoms with van der Waals surface area (Å²) in [6.45, 7) is 4.27. The van der Waals surface area contributed by atoms with E-state index >= 15 is 0 Å². The first-order valence-corrected chi connectivity index (χ1v) is 8.03. The molecule has 0 atom stereocenters. The number of thioether (sulfide) groups is 1. The van der Waals surface area contributed by atoms with Crippen LogP contribution in [0.3, 0.4) is 0 Å². The smallest absolute Gasteiger partial charge is 0.133 e. The van der Waals surface area contributed by atoms with Gasteiger partial charge in [-0.2, -0.15) is 0 Å². The maximum absolute atomic E-state index is 4.65. The zero-order valence-electron chi connectivity index (χ0n) is 10.4. The number of halogens is 1. The predicted octanol–water partition coefficient (Wildman–Crippen LogP) is 4.79. The Bertz CT molecular complexity index is 376. The summed E-state index contributed by atoms with van der Waals surface area (Å²) in [5.41, 5.74) is 0. The highest BCUT2D eigenvalue weighted by atomic mass is 79.9. The average molecular weight is 315 g/mol. The van der Waals surface area contributed by atoms with E-state index in [2.05, 4.69) is 39.7 Å². The fourth-order valence-electron chi connectivity index (χ4n) is 2.09. The van der Waals surface area contributed by atoms with E-state index in [0.717, 1.165) is 20.7 Å². The molecule has 0 saturated heterocycles. The van der Waals surface area contributed by atoms with Crippen LogP contribution in [0.1, 0.15) is 57.7 Å². The summed E-state index contributed by atoms with van der Waals surface area (Å²) in [7, 11) is 0. The minimum atomic E-state index is 0.387. The lowest BCUT2D eigenvalue weighted by Gasteiger charge is -2.20. The van der Waals surface area contributed by atoms with E-state index in [0.29, 0.717) is 5.92 Å². The van der Waals surface area contributed by atoms with Crippen molar-refractivity contribution in [3.8, 4) is 0 Å². The van der Waals surface area contributed by atoms with Gasteiger partial charge in [-0.25, -0.2) is 9.97 Å². The van der Waals surface area contributed by atoms with Crippen LogP contribution in [-0.4, -0.2) is 15.2 Å². The Balaban J connectivity index is 2.09. The molecule has 0 aliphatic heterocycles. The van der Waals surface area contributed by atoms with Crippen LogP contribution >= 0.6 is 27.7 Å². The monoisotopic (exact) mass is 314 g/mol. The Kier molecular flexibility index (Phi) is 4.86. The zero-order valence-corrected chi connectivity index (χ0v) is 12.9. The van der Waals surface area contributed by atoms with Gasteiger partial charge in [-0.05, 0) is 28.8 Å². The molecule has 1 heterocycles. The SMILES string of the molecule is CC(C)c1nc(Br)cc(SC2CCCCC2)n1. The normalized spacial score (nSPS) is 17.6. The van der Waals surface area contributed by atoms with Gasteiger partial charge in [-0.15, -0.1) is 11.8 Å². The number of aromatic nitrogens is 2. The van der Waals surface area contributed by atoms with Crippen molar-refractivity contribution in [2.24, 2.45) is 0 Å². The molecule has 1 aliphatic rings. The lowest BCUT2D eigenvalue weighted by atomic mass is 10.0. The molecule has 94 valence electrons. The molecule has 0 spiro atoms. The predicted molar refractivity (Wildman–Crippen MR) is 76.6 cm³/mol. The third-order valence-corrected chi connectivity index (χ3v) is 4.71. The van der Waals surface area contributed by atoms with Crippen molar-refractivity contribution in [1.29, 1.82) is 0 Å². The van der Waals surface area contributed by atoms with E-state index in [1.54, 1.807) is 0 Å². The molecule has 0 unspecified atom stereocenters. The van der Waals surface area contributed by atoms with E-state index < -0.39 is 0 Å². The maximum Gasteiger partial charge on any atom is 0.133 e. The van der Waals surface area contributed by atoms with E-state index in [-0.39, 0.29) is 0 Å². The molecule has 2 rings (SSSR count). The van der Waals surface area contributed by atoms with Crippen LogP contribution in [0.25, 0.3) is 0 Å². The van der Waals surface area contributed by atoms with Gasteiger partial charge in [0.15, 0.2) is 0 Å². The fraction of sp³-hybridized carbons (Fsp3) is 0.692. The van der Waals surface area contributed by atoms with E-state index in [1.165, 1.54) is 32.1 Å². The molecule has 4 heteroatoms. The Morgan fingerprint density at radius 3 is 2.59 bits per heavy atom. The number of hydrogen-bond donors (Lipinski definition) is 0. The molecule has 1 aromatic heterocycles. The largest absolute Gasteiger partial charge is 0.226 e. The highest BCUT2D eigenvalue weighted by Gasteiger charge is 2.16. The highest BCUT2D eigenvalue weighted by molar-refractivity contribution is 9.10. The molecular formula is C13H19BrN2S. The third-order valence-electron chi connectivity index (χ3n) is 3.04. The summed E-state index contributed by atoms with van der Waals surface area (Å²) in [6, 6.07) is 2.05. The second kappa shape index (κ2) is 6.19. The second-order valence-electron chi connectivity index (χ2n) is 4.92. The molecule has 0 bridgehead atoms. The van der Waals surface area contributed by atoms with Crippen LogP contribution in [0.2, 0.25) is 0 Å². The van der Waals surface area contributed by atoms with Crippen molar-refractivity contribution < 1.29 is 0 Å². The van der Waals surface area contributed by atoms with Gasteiger partial charge in [0.05, 0.1) is 0 Å². The summed E-state index contributed by atoms with van der Waals surface area (Å²) in [6.07, 6.45) is 6.83. The third kappa shape index (κ3) is 3.95. The minimum absolute atomic E-state index is 0.387. The quantitative estimate of drug-likeness (QED) is 0.750. The highest BCUT2D eigenvalue weighted by Crippen LogP contribution is 2.33. The van der Waals surface area contributed by atoms with Gasteiger partial charge in [0.1, 0.15) is 15.5 Å². The average Bonchev–Trinajstić information content (AvgIpc) is 2.29. The Hall–Kier alpha value is -0.0900. The lowest BCUT2D eigenvalue weighted by Crippen LogP contribution is -2.09. The summed E-state index contributed by atoms with van der Waals surface area (Å²) in [5.74, 6) is 1.33. The van der Waals surface area contributed by atoms with Gasteiger partial charge in [-0.1, -0.05) is 33.1 Å². The maximum atomic E-state index is 4.65. The van der Waals surface area contributed by atoms with Crippen molar-refractivity contribution in [2.75, 3.05) is 0 Å². The summed E-state index contributed by atoms with van der Waals surface area (Å²) in [4.78, 5) is 9.07. The van der Waals surface area contributed by atoms with Gasteiger partial charge in [0, 0.05) is 17.2 Å². The Morgan fingerprint density at radius 2 is 1.94 bits per heavy atom. The Morgan fingerprint density at radius 1 is 1.24 bits per heavy atom. The van der Waals surface area contributed by atoms with Crippen molar-refractivity contribution in [1.82, 2.24) is 9.97 Å². The molecule has 1 fully saturated rings. The summed E-state index contributed by atoms with van der Waals surface area (Å²) >= 11 is 5.41. The van der Waals surface area contributed by atoms with E-state index in [4.69, 9.17) is 0 Å². The summed E-state index contributed by atoms with van der Waals surface area (Å²) < 4.78 is 0.912. The first kappa shape index (κ1) is 13.3. The number of hydrogen-bond acceptors (Lipinski definition) is 3. The molecule has 2 nitrogen and oxygen atoms in total. The molecule has 1 aliphatic carbocycles. The molecule has 1 saturated carbocycles. The number of rotatable bonds is 3. The van der Waals surface area contributed by atoms with Crippen molar-refractivity contribution in [2.45, 2.75) is 62.1 Å². The van der Waals surface area contributed by atoms with Gasteiger partial charge >= 0.3 is 0 Å². The molecule has 0 radical (unpaired) electrons. The van der Waals surface area contributed by atoms with Crippen LogP contribution < -0.4 is 0 Å². The van der Waals surface area contributed by atoms with Gasteiger partial charge in [0.25, 0.3) is 0 Å². The molecular weight excluding hydrogens is 296 g/mol. The number of nitrogens with zero attached hydrogens (tertiary/aromatic N) is 2. The standard InChI is InChI=1S/C13H19BrN2S/c1-9(2)13-15-11(14)8-12(16-13)17-10-6-4-3-5-7-10/h8-10H,3-7H2,1-2H3. The second-order valence-corrected chi connectivity index (χ2v) is 7.05. The first-order valence-electron chi connectivity index (χ1n) is 6.36. The van der Waals surface area contributed by atoms with Crippen LogP contribution in [0.5, 0.6) is 0 Å². The van der Waals surface area contributed by atoms with Crippen LogP contribution in [0.4, 0.5) is 0 Å². The lowest BCUT2D eigenvalue weighted by molar-refractivity contribution is 0.515. The molecule has 0 N–H and O–H groups in total. The van der Waals surface area contributed by atoms with Gasteiger partial charge < -0.3 is 0 Å². The van der Waals surface area contributed by atoms with E-state index in [9.17, 15) is 0 Å². The van der Waals surface area contributed by atoms with E-state index in [1.807, 2.05) is 17.8 Å². The van der Waals surface area contributed by atoms with Crippen LogP contribution in [-0.2, 0) is 0 Å². The van der Waals surface area contributed by atoms with Crippen LogP contribution in [0.15, 0.2) is 15.7 Å². The fourth-order valence-corrected chi connectivity index (χ4v) is 3.87. The molecule has 1 aromatic rings. The van der Waals surface area contributed by atoms with Crippen molar-refractivity contribution in [3.05, 3.63) is 16.5 Å². The topological polar surface area (TPSA) is 25.8 Å². The Labute approximate surface area is 116 Å². The minimum Gasteiger partial charge on any atom is -0.226 e. The molecule has 0 amide bonds. The molecule has 0 aromatic carbocycles. The van der Waals surface area contributed by atoms with Crippen molar-refractivity contribution >= 4 is 27.7 Å². The summed E-state index contributed by atoms with van der Waals surface area (Å²) in [5, 5.41) is 1.88. The first-order chi connectivity index (χ1) is 8.15. The molecule has 17 heavy (non-hydrogen) atoms. The van der Waals surface area contributed by atoms with Gasteiger partial charge in [-0.3, -0.25) is 0 Å². The van der Waals surface area contributed by atoms with Crippen molar-refractivity contribution in [3.63, 3.8) is 0 Å².